The highest BCUT2D eigenvalue weighted by atomic mass is 79.9. The molecule has 0 spiro atoms. The van der Waals surface area contributed by atoms with Gasteiger partial charge in [0.05, 0.1) is 12.3 Å². The Balaban J connectivity index is 1.80. The molecule has 0 atom stereocenters. The third-order valence-electron chi connectivity index (χ3n) is 6.91. The van der Waals surface area contributed by atoms with Crippen molar-refractivity contribution in [1.29, 1.82) is 0 Å². The minimum absolute atomic E-state index is 0.0180. The average Bonchev–Trinajstić information content (AvgIpc) is 2.76. The molecule has 1 amide bonds. The maximum Gasteiger partial charge on any atom is 0.406 e. The van der Waals surface area contributed by atoms with E-state index in [1.165, 1.54) is 44.9 Å². The Morgan fingerprint density at radius 1 is 1.15 bits per heavy atom. The van der Waals surface area contributed by atoms with Crippen LogP contribution >= 0.6 is 15.9 Å². The van der Waals surface area contributed by atoms with Crippen molar-refractivity contribution in [1.82, 2.24) is 4.90 Å². The van der Waals surface area contributed by atoms with Gasteiger partial charge in [-0.15, -0.1) is 0 Å². The molecular weight excluding hydrogens is 497 g/mol. The standard InChI is InChI=1S/C25H39BBrN3O4/c1-3-34-25(32)18-24(31)30(23-17-19(27)11-12-22(23)28-26(2)33)21-13-15-29(16-14-21)20-9-7-5-4-6-8-10-20/h11-12,17,20-21,28,33H,3-10,13-16,18H2,1-2H3. The van der Waals surface area contributed by atoms with Crippen LogP contribution in [0.1, 0.15) is 71.1 Å². The van der Waals surface area contributed by atoms with Crippen LogP contribution < -0.4 is 10.1 Å². The maximum atomic E-state index is 13.5. The fourth-order valence-electron chi connectivity index (χ4n) is 5.32. The maximum absolute atomic E-state index is 13.5. The number of amides is 1. The Labute approximate surface area is 212 Å². The predicted molar refractivity (Wildman–Crippen MR) is 141 cm³/mol. The fourth-order valence-corrected chi connectivity index (χ4v) is 5.66. The highest BCUT2D eigenvalue weighted by Gasteiger charge is 2.33. The van der Waals surface area contributed by atoms with Crippen molar-refractivity contribution in [2.45, 2.75) is 90.0 Å². The van der Waals surface area contributed by atoms with E-state index in [4.69, 9.17) is 4.74 Å². The van der Waals surface area contributed by atoms with Gasteiger partial charge in [-0.2, -0.15) is 0 Å². The van der Waals surface area contributed by atoms with Gasteiger partial charge >= 0.3 is 13.0 Å². The largest absolute Gasteiger partial charge is 0.466 e. The van der Waals surface area contributed by atoms with Crippen molar-refractivity contribution >= 4 is 46.2 Å². The summed E-state index contributed by atoms with van der Waals surface area (Å²) in [5, 5.41) is 13.0. The van der Waals surface area contributed by atoms with Crippen molar-refractivity contribution in [3.05, 3.63) is 22.7 Å². The number of nitrogens with zero attached hydrogens (tertiary/aromatic N) is 2. The molecule has 9 heteroatoms. The minimum atomic E-state index is -0.775. The Bertz CT molecular complexity index is 809. The molecular formula is C25H39BBrN3O4. The summed E-state index contributed by atoms with van der Waals surface area (Å²) >= 11 is 3.53. The Morgan fingerprint density at radius 3 is 2.41 bits per heavy atom. The summed E-state index contributed by atoms with van der Waals surface area (Å²) in [6.07, 6.45) is 10.6. The van der Waals surface area contributed by atoms with Crippen LogP contribution in [0.3, 0.4) is 0 Å². The number of likely N-dealkylation sites (tertiary alicyclic amines) is 1. The third-order valence-corrected chi connectivity index (χ3v) is 7.40. The molecule has 1 aromatic rings. The first-order valence-electron chi connectivity index (χ1n) is 12.8. The number of nitrogens with one attached hydrogen (secondary N) is 1. The molecule has 0 bridgehead atoms. The molecule has 1 aliphatic carbocycles. The summed E-state index contributed by atoms with van der Waals surface area (Å²) in [6.45, 7) is 5.53. The average molecular weight is 536 g/mol. The van der Waals surface area contributed by atoms with E-state index in [0.717, 1.165) is 30.4 Å². The van der Waals surface area contributed by atoms with Crippen LogP contribution in [0.15, 0.2) is 22.7 Å². The van der Waals surface area contributed by atoms with Gasteiger partial charge in [0.15, 0.2) is 0 Å². The molecule has 2 N–H and O–H groups in total. The zero-order chi connectivity index (χ0) is 24.5. The molecule has 2 fully saturated rings. The van der Waals surface area contributed by atoms with Gasteiger partial charge in [-0.1, -0.05) is 48.0 Å². The van der Waals surface area contributed by atoms with Crippen LogP contribution in [-0.4, -0.2) is 60.6 Å². The van der Waals surface area contributed by atoms with Crippen molar-refractivity contribution < 1.29 is 19.3 Å². The van der Waals surface area contributed by atoms with Gasteiger partial charge in [-0.05, 0) is 57.6 Å². The smallest absolute Gasteiger partial charge is 0.406 e. The van der Waals surface area contributed by atoms with E-state index in [2.05, 4.69) is 26.1 Å². The van der Waals surface area contributed by atoms with Crippen LogP contribution in [0.2, 0.25) is 6.82 Å². The van der Waals surface area contributed by atoms with Crippen molar-refractivity contribution in [3.8, 4) is 0 Å². The van der Waals surface area contributed by atoms with Crippen LogP contribution in [0, 0.1) is 0 Å². The molecule has 3 rings (SSSR count). The molecule has 1 heterocycles. The summed E-state index contributed by atoms with van der Waals surface area (Å²) in [5.74, 6) is -0.779. The van der Waals surface area contributed by atoms with E-state index in [9.17, 15) is 14.6 Å². The quantitative estimate of drug-likeness (QED) is 0.282. The lowest BCUT2D eigenvalue weighted by Crippen LogP contribution is -2.50. The highest BCUT2D eigenvalue weighted by molar-refractivity contribution is 9.10. The summed E-state index contributed by atoms with van der Waals surface area (Å²) in [7, 11) is -0.775. The lowest BCUT2D eigenvalue weighted by atomic mass is 9.88. The van der Waals surface area contributed by atoms with Gasteiger partial charge in [-0.3, -0.25) is 9.59 Å². The zero-order valence-electron chi connectivity index (χ0n) is 20.6. The number of halogens is 1. The zero-order valence-corrected chi connectivity index (χ0v) is 22.2. The van der Waals surface area contributed by atoms with Crippen LogP contribution in [0.4, 0.5) is 11.4 Å². The number of carbonyl (C=O) groups is 2. The normalized spacial score (nSPS) is 18.6. The topological polar surface area (TPSA) is 82.1 Å². The van der Waals surface area contributed by atoms with E-state index >= 15 is 0 Å². The van der Waals surface area contributed by atoms with E-state index in [-0.39, 0.29) is 25.0 Å². The van der Waals surface area contributed by atoms with Gasteiger partial charge < -0.3 is 24.8 Å². The molecule has 1 aromatic carbocycles. The Kier molecular flexibility index (Phi) is 10.7. The van der Waals surface area contributed by atoms with E-state index in [1.807, 2.05) is 18.2 Å². The van der Waals surface area contributed by atoms with Crippen molar-refractivity contribution in [3.63, 3.8) is 0 Å². The molecule has 1 aliphatic heterocycles. The number of esters is 1. The second kappa shape index (κ2) is 13.5. The number of anilines is 2. The number of piperidine rings is 1. The first kappa shape index (κ1) is 27.0. The van der Waals surface area contributed by atoms with Crippen LogP contribution in [0.5, 0.6) is 0 Å². The van der Waals surface area contributed by atoms with Crippen LogP contribution in [0.25, 0.3) is 0 Å². The molecule has 7 nitrogen and oxygen atoms in total. The van der Waals surface area contributed by atoms with Crippen LogP contribution in [-0.2, 0) is 14.3 Å². The Hall–Kier alpha value is -1.58. The van der Waals surface area contributed by atoms with E-state index < -0.39 is 13.0 Å². The minimum Gasteiger partial charge on any atom is -0.466 e. The van der Waals surface area contributed by atoms with Gasteiger partial charge in [0.1, 0.15) is 6.42 Å². The third kappa shape index (κ3) is 7.72. The van der Waals surface area contributed by atoms with Crippen molar-refractivity contribution in [2.75, 3.05) is 29.8 Å². The fraction of sp³-hybridized carbons (Fsp3) is 0.680. The van der Waals surface area contributed by atoms with Crippen molar-refractivity contribution in [2.24, 2.45) is 0 Å². The molecule has 2 aliphatic rings. The lowest BCUT2D eigenvalue weighted by Gasteiger charge is -2.42. The van der Waals surface area contributed by atoms with E-state index in [0.29, 0.717) is 17.4 Å². The number of carbonyl (C=O) groups excluding carboxylic acids is 2. The first-order chi connectivity index (χ1) is 16.4. The summed E-state index contributed by atoms with van der Waals surface area (Å²) < 4.78 is 5.90. The van der Waals surface area contributed by atoms with Gasteiger partial charge in [-0.25, -0.2) is 0 Å². The Morgan fingerprint density at radius 2 is 1.79 bits per heavy atom. The molecule has 0 unspecified atom stereocenters. The second-order valence-electron chi connectivity index (χ2n) is 9.49. The molecule has 0 aromatic heterocycles. The first-order valence-corrected chi connectivity index (χ1v) is 13.6. The summed E-state index contributed by atoms with van der Waals surface area (Å²) in [4.78, 5) is 30.0. The summed E-state index contributed by atoms with van der Waals surface area (Å²) in [5.41, 5.74) is 1.34. The van der Waals surface area contributed by atoms with Gasteiger partial charge in [0.25, 0.3) is 0 Å². The number of benzene rings is 1. The molecule has 34 heavy (non-hydrogen) atoms. The number of hydrogen-bond acceptors (Lipinski definition) is 6. The molecule has 188 valence electrons. The number of hydrogen-bond donors (Lipinski definition) is 2. The second-order valence-corrected chi connectivity index (χ2v) is 10.4. The number of rotatable bonds is 8. The monoisotopic (exact) mass is 535 g/mol. The lowest BCUT2D eigenvalue weighted by molar-refractivity contribution is -0.145. The SMILES string of the molecule is CCOC(=O)CC(=O)N(c1cc(Br)ccc1NB(C)O)C1CCN(C2CCCCCCC2)CC1. The van der Waals surface area contributed by atoms with E-state index in [1.54, 1.807) is 18.6 Å². The predicted octanol–water partition coefficient (Wildman–Crippen LogP) is 4.83. The van der Waals surface area contributed by atoms with Gasteiger partial charge in [0.2, 0.25) is 5.91 Å². The highest BCUT2D eigenvalue weighted by Crippen LogP contribution is 2.35. The summed E-state index contributed by atoms with van der Waals surface area (Å²) in [6, 6.07) is 6.23. The molecule has 1 saturated heterocycles. The number of ether oxygens (including phenoxy) is 1. The molecule has 0 radical (unpaired) electrons. The van der Waals surface area contributed by atoms with Gasteiger partial charge in [0, 0.05) is 35.3 Å². The molecule has 1 saturated carbocycles.